The summed E-state index contributed by atoms with van der Waals surface area (Å²) in [5.41, 5.74) is 0. The van der Waals surface area contributed by atoms with E-state index in [1.807, 2.05) is 18.2 Å². The van der Waals surface area contributed by atoms with Crippen molar-refractivity contribution in [3.8, 4) is 0 Å². The first-order valence-electron chi connectivity index (χ1n) is 5.50. The lowest BCUT2D eigenvalue weighted by atomic mass is 10.1. The molecule has 0 radical (unpaired) electrons. The second-order valence-corrected chi connectivity index (χ2v) is 6.21. The van der Waals surface area contributed by atoms with E-state index >= 15 is 0 Å². The lowest BCUT2D eigenvalue weighted by Gasteiger charge is -2.22. The van der Waals surface area contributed by atoms with E-state index in [1.165, 1.54) is 12.8 Å². The van der Waals surface area contributed by atoms with E-state index < -0.39 is 10.8 Å². The molecule has 1 aliphatic heterocycles. The maximum atomic E-state index is 12.1. The third-order valence-electron chi connectivity index (χ3n) is 2.69. The predicted octanol–water partition coefficient (Wildman–Crippen LogP) is 2.52. The van der Waals surface area contributed by atoms with Crippen LogP contribution in [0.4, 0.5) is 0 Å². The Morgan fingerprint density at radius 3 is 2.94 bits per heavy atom. The number of hydrogen-bond acceptors (Lipinski definition) is 3. The average molecular weight is 340 g/mol. The largest absolute Gasteiger partial charge is 0.313 e. The molecule has 2 rings (SSSR count). The molecule has 6 heteroatoms. The van der Waals surface area contributed by atoms with Gasteiger partial charge in [0.15, 0.2) is 0 Å². The molecule has 17 heavy (non-hydrogen) atoms. The zero-order chi connectivity index (χ0) is 11.4. The molecule has 96 valence electrons. The maximum absolute atomic E-state index is 12.1. The molecule has 2 heterocycles. The zero-order valence-corrected chi connectivity index (χ0v) is 12.6. The first-order chi connectivity index (χ1) is 7.75. The van der Waals surface area contributed by atoms with Gasteiger partial charge in [-0.15, -0.1) is 12.4 Å². The standard InChI is InChI=1S/C11H15BrN2OS.ClH/c12-10-5-3-6-11(14-10)16(15)8-9-4-1-2-7-13-9;/h3,5-6,9,13H,1-2,4,7-8H2;1H. The summed E-state index contributed by atoms with van der Waals surface area (Å²) in [6.07, 6.45) is 3.60. The van der Waals surface area contributed by atoms with Crippen molar-refractivity contribution >= 4 is 39.1 Å². The van der Waals surface area contributed by atoms with Gasteiger partial charge in [-0.25, -0.2) is 4.98 Å². The van der Waals surface area contributed by atoms with Crippen LogP contribution < -0.4 is 5.32 Å². The predicted molar refractivity (Wildman–Crippen MR) is 76.1 cm³/mol. The Morgan fingerprint density at radius 2 is 2.29 bits per heavy atom. The summed E-state index contributed by atoms with van der Waals surface area (Å²) in [7, 11) is -0.995. The monoisotopic (exact) mass is 338 g/mol. The van der Waals surface area contributed by atoms with Crippen molar-refractivity contribution in [3.05, 3.63) is 22.8 Å². The summed E-state index contributed by atoms with van der Waals surface area (Å²) in [6, 6.07) is 5.93. The fourth-order valence-corrected chi connectivity index (χ4v) is 3.56. The minimum absolute atomic E-state index is 0. The fraction of sp³-hybridized carbons (Fsp3) is 0.545. The minimum atomic E-state index is -0.995. The Bertz CT molecular complexity index is 385. The van der Waals surface area contributed by atoms with Crippen LogP contribution in [-0.4, -0.2) is 27.5 Å². The summed E-state index contributed by atoms with van der Waals surface area (Å²) in [6.45, 7) is 1.05. The highest BCUT2D eigenvalue weighted by atomic mass is 79.9. The highest BCUT2D eigenvalue weighted by Crippen LogP contribution is 2.13. The molecule has 1 N–H and O–H groups in total. The van der Waals surface area contributed by atoms with Crippen molar-refractivity contribution < 1.29 is 4.21 Å². The van der Waals surface area contributed by atoms with Gasteiger partial charge in [-0.1, -0.05) is 12.5 Å². The van der Waals surface area contributed by atoms with Gasteiger partial charge in [0.1, 0.15) is 9.63 Å². The van der Waals surface area contributed by atoms with Gasteiger partial charge in [-0.3, -0.25) is 4.21 Å². The highest BCUT2D eigenvalue weighted by molar-refractivity contribution is 9.10. The first kappa shape index (κ1) is 15.1. The molecule has 3 nitrogen and oxygen atoms in total. The number of halogens is 2. The van der Waals surface area contributed by atoms with Crippen LogP contribution in [0.3, 0.4) is 0 Å². The van der Waals surface area contributed by atoms with Crippen LogP contribution in [0.25, 0.3) is 0 Å². The van der Waals surface area contributed by atoms with Crippen LogP contribution in [0.2, 0.25) is 0 Å². The molecule has 2 atom stereocenters. The second kappa shape index (κ2) is 7.46. The molecule has 0 aromatic carbocycles. The van der Waals surface area contributed by atoms with Crippen LogP contribution in [-0.2, 0) is 10.8 Å². The third-order valence-corrected chi connectivity index (χ3v) is 4.53. The zero-order valence-electron chi connectivity index (χ0n) is 9.39. The second-order valence-electron chi connectivity index (χ2n) is 3.96. The van der Waals surface area contributed by atoms with Crippen molar-refractivity contribution in [3.63, 3.8) is 0 Å². The van der Waals surface area contributed by atoms with E-state index in [1.54, 1.807) is 0 Å². The van der Waals surface area contributed by atoms with E-state index in [4.69, 9.17) is 0 Å². The minimum Gasteiger partial charge on any atom is -0.313 e. The Morgan fingerprint density at radius 1 is 1.47 bits per heavy atom. The topological polar surface area (TPSA) is 42.0 Å². The van der Waals surface area contributed by atoms with E-state index in [9.17, 15) is 4.21 Å². The van der Waals surface area contributed by atoms with Gasteiger partial charge in [0.2, 0.25) is 0 Å². The molecule has 1 aliphatic rings. The lowest BCUT2D eigenvalue weighted by molar-refractivity contribution is 0.427. The number of hydrogen-bond donors (Lipinski definition) is 1. The van der Waals surface area contributed by atoms with Crippen molar-refractivity contribution in [1.29, 1.82) is 0 Å². The summed E-state index contributed by atoms with van der Waals surface area (Å²) in [5.74, 6) is 0.670. The molecular formula is C11H16BrClN2OS. The number of nitrogens with zero attached hydrogens (tertiary/aromatic N) is 1. The Labute approximate surface area is 119 Å². The highest BCUT2D eigenvalue weighted by Gasteiger charge is 2.17. The number of piperidine rings is 1. The van der Waals surface area contributed by atoms with Crippen LogP contribution in [0, 0.1) is 0 Å². The van der Waals surface area contributed by atoms with Gasteiger partial charge in [0, 0.05) is 11.8 Å². The summed E-state index contributed by atoms with van der Waals surface area (Å²) >= 11 is 3.29. The van der Waals surface area contributed by atoms with Crippen LogP contribution in [0.15, 0.2) is 27.8 Å². The number of aromatic nitrogens is 1. The van der Waals surface area contributed by atoms with Gasteiger partial charge in [-0.05, 0) is 47.4 Å². The Hall–Kier alpha value is 0.0300. The summed E-state index contributed by atoms with van der Waals surface area (Å²) < 4.78 is 12.8. The number of pyridine rings is 1. The van der Waals surface area contributed by atoms with Crippen molar-refractivity contribution in [2.75, 3.05) is 12.3 Å². The quantitative estimate of drug-likeness (QED) is 0.860. The van der Waals surface area contributed by atoms with E-state index in [2.05, 4.69) is 26.2 Å². The molecule has 1 saturated heterocycles. The van der Waals surface area contributed by atoms with Gasteiger partial charge in [-0.2, -0.15) is 0 Å². The molecule has 0 spiro atoms. The maximum Gasteiger partial charge on any atom is 0.128 e. The summed E-state index contributed by atoms with van der Waals surface area (Å²) in [5, 5.41) is 4.07. The molecule has 2 unspecified atom stereocenters. The SMILES string of the molecule is Cl.O=S(CC1CCCCN1)c1cccc(Br)n1. The molecule has 1 fully saturated rings. The smallest absolute Gasteiger partial charge is 0.128 e. The fourth-order valence-electron chi connectivity index (χ4n) is 1.85. The number of rotatable bonds is 3. The van der Waals surface area contributed by atoms with Crippen LogP contribution in [0.5, 0.6) is 0 Å². The lowest BCUT2D eigenvalue weighted by Crippen LogP contribution is -2.38. The molecule has 0 bridgehead atoms. The molecular weight excluding hydrogens is 324 g/mol. The van der Waals surface area contributed by atoms with Crippen molar-refractivity contribution in [1.82, 2.24) is 10.3 Å². The third kappa shape index (κ3) is 4.66. The van der Waals surface area contributed by atoms with Gasteiger partial charge in [0.05, 0.1) is 10.8 Å². The Balaban J connectivity index is 0.00000144. The van der Waals surface area contributed by atoms with E-state index in [0.717, 1.165) is 17.6 Å². The van der Waals surface area contributed by atoms with Gasteiger partial charge >= 0.3 is 0 Å². The molecule has 0 aliphatic carbocycles. The Kier molecular flexibility index (Phi) is 6.62. The summed E-state index contributed by atoms with van der Waals surface area (Å²) in [4.78, 5) is 4.23. The molecule has 0 saturated carbocycles. The average Bonchev–Trinajstić information content (AvgIpc) is 2.30. The molecule has 1 aromatic heterocycles. The van der Waals surface area contributed by atoms with Gasteiger partial charge < -0.3 is 5.32 Å². The van der Waals surface area contributed by atoms with E-state index in [0.29, 0.717) is 16.8 Å². The molecule has 1 aromatic rings. The van der Waals surface area contributed by atoms with E-state index in [-0.39, 0.29) is 12.4 Å². The van der Waals surface area contributed by atoms with Crippen LogP contribution in [0.1, 0.15) is 19.3 Å². The normalized spacial score (nSPS) is 21.6. The molecule has 0 amide bonds. The first-order valence-corrected chi connectivity index (χ1v) is 7.61. The number of nitrogens with one attached hydrogen (secondary N) is 1. The van der Waals surface area contributed by atoms with Crippen molar-refractivity contribution in [2.24, 2.45) is 0 Å². The van der Waals surface area contributed by atoms with Crippen molar-refractivity contribution in [2.45, 2.75) is 30.3 Å². The van der Waals surface area contributed by atoms with Gasteiger partial charge in [0.25, 0.3) is 0 Å². The van der Waals surface area contributed by atoms with Crippen LogP contribution >= 0.6 is 28.3 Å².